The molecule has 0 aliphatic carbocycles. The highest BCUT2D eigenvalue weighted by molar-refractivity contribution is 5.95. The molecule has 8 nitrogen and oxygen atoms in total. The molecule has 0 radical (unpaired) electrons. The minimum absolute atomic E-state index is 0.168. The van der Waals surface area contributed by atoms with Gasteiger partial charge in [-0.05, 0) is 30.7 Å². The van der Waals surface area contributed by atoms with Gasteiger partial charge in [-0.2, -0.15) is 0 Å². The Morgan fingerprint density at radius 2 is 2.04 bits per heavy atom. The van der Waals surface area contributed by atoms with Crippen molar-refractivity contribution < 1.29 is 23.8 Å². The van der Waals surface area contributed by atoms with E-state index in [1.54, 1.807) is 36.1 Å². The van der Waals surface area contributed by atoms with Crippen LogP contribution < -0.4 is 0 Å². The molecule has 2 aromatic rings. The molecule has 8 heteroatoms. The number of carbonyl (C=O) groups excluding carboxylic acids is 1. The van der Waals surface area contributed by atoms with Gasteiger partial charge in [0.1, 0.15) is 0 Å². The number of rotatable bonds is 3. The summed E-state index contributed by atoms with van der Waals surface area (Å²) < 4.78 is 10.8. The molecule has 0 saturated carbocycles. The van der Waals surface area contributed by atoms with Crippen LogP contribution in [0.15, 0.2) is 28.7 Å². The molecule has 1 aromatic carbocycles. The van der Waals surface area contributed by atoms with Crippen molar-refractivity contribution in [2.24, 2.45) is 11.3 Å². The number of fused-ring (bicyclic) bond motifs is 1. The number of aromatic nitrogens is 2. The Hall–Kier alpha value is -2.74. The number of carboxylic acids is 1. The second-order valence-electron chi connectivity index (χ2n) is 6.87. The number of aryl methyl sites for hydroxylation is 1. The highest BCUT2D eigenvalue weighted by Crippen LogP contribution is 2.42. The Balaban J connectivity index is 1.54. The van der Waals surface area contributed by atoms with E-state index < -0.39 is 11.4 Å². The first-order valence-corrected chi connectivity index (χ1v) is 8.50. The summed E-state index contributed by atoms with van der Waals surface area (Å²) in [5.41, 5.74) is 0.340. The fraction of sp³-hybridized carbons (Fsp3) is 0.444. The summed E-state index contributed by atoms with van der Waals surface area (Å²) in [5, 5.41) is 17.5. The van der Waals surface area contributed by atoms with Crippen molar-refractivity contribution in [3.05, 3.63) is 35.7 Å². The normalized spacial score (nSPS) is 25.1. The monoisotopic (exact) mass is 357 g/mol. The second-order valence-corrected chi connectivity index (χ2v) is 6.87. The molecule has 0 unspecified atom stereocenters. The number of benzene rings is 1. The maximum absolute atomic E-state index is 12.8. The quantitative estimate of drug-likeness (QED) is 0.889. The Morgan fingerprint density at radius 3 is 2.65 bits per heavy atom. The number of carboxylic acid groups (broad SMARTS) is 1. The molecule has 1 amide bonds. The molecular formula is C18H19N3O5. The standard InChI is InChI=1S/C18H19N3O5/c1-11-19-20-15(26-11)12-2-4-13(5-3-12)16(22)21-8-14-9-25-7-6-18(14,10-21)17(23)24/h2-5,14H,6-10H2,1H3,(H,23,24)/t14-,18+/m0/s1. The number of hydrogen-bond acceptors (Lipinski definition) is 6. The average molecular weight is 357 g/mol. The summed E-state index contributed by atoms with van der Waals surface area (Å²) in [7, 11) is 0. The zero-order chi connectivity index (χ0) is 18.3. The maximum atomic E-state index is 12.8. The van der Waals surface area contributed by atoms with Gasteiger partial charge in [0.25, 0.3) is 5.91 Å². The Kier molecular flexibility index (Phi) is 3.99. The Morgan fingerprint density at radius 1 is 1.27 bits per heavy atom. The number of amides is 1. The average Bonchev–Trinajstić information content (AvgIpc) is 3.25. The molecule has 4 rings (SSSR count). The van der Waals surface area contributed by atoms with Crippen LogP contribution in [-0.2, 0) is 9.53 Å². The van der Waals surface area contributed by atoms with Gasteiger partial charge < -0.3 is 19.2 Å². The van der Waals surface area contributed by atoms with Crippen molar-refractivity contribution in [1.29, 1.82) is 0 Å². The number of carbonyl (C=O) groups is 2. The highest BCUT2D eigenvalue weighted by atomic mass is 16.5. The molecule has 2 aliphatic heterocycles. The molecule has 1 aromatic heterocycles. The zero-order valence-electron chi connectivity index (χ0n) is 14.3. The number of hydrogen-bond donors (Lipinski definition) is 1. The molecular weight excluding hydrogens is 338 g/mol. The Bertz CT molecular complexity index is 847. The summed E-state index contributed by atoms with van der Waals surface area (Å²) in [4.78, 5) is 26.3. The molecule has 136 valence electrons. The van der Waals surface area contributed by atoms with Gasteiger partial charge in [0.2, 0.25) is 11.8 Å². The number of nitrogens with zero attached hydrogens (tertiary/aromatic N) is 3. The van der Waals surface area contributed by atoms with Crippen molar-refractivity contribution in [3.8, 4) is 11.5 Å². The molecule has 26 heavy (non-hydrogen) atoms. The predicted octanol–water partition coefficient (Wildman–Crippen LogP) is 1.61. The molecule has 3 heterocycles. The first-order chi connectivity index (χ1) is 12.5. The van der Waals surface area contributed by atoms with Gasteiger partial charge >= 0.3 is 5.97 Å². The van der Waals surface area contributed by atoms with E-state index in [1.807, 2.05) is 0 Å². The van der Waals surface area contributed by atoms with E-state index in [4.69, 9.17) is 9.15 Å². The van der Waals surface area contributed by atoms with Gasteiger partial charge in [0, 0.05) is 43.7 Å². The molecule has 0 bridgehead atoms. The van der Waals surface area contributed by atoms with E-state index in [1.165, 1.54) is 0 Å². The smallest absolute Gasteiger partial charge is 0.311 e. The van der Waals surface area contributed by atoms with Crippen molar-refractivity contribution >= 4 is 11.9 Å². The van der Waals surface area contributed by atoms with Crippen molar-refractivity contribution in [1.82, 2.24) is 15.1 Å². The lowest BCUT2D eigenvalue weighted by molar-refractivity contribution is -0.157. The Labute approximate surface area is 149 Å². The van der Waals surface area contributed by atoms with Crippen LogP contribution in [0.1, 0.15) is 22.7 Å². The summed E-state index contributed by atoms with van der Waals surface area (Å²) in [6.45, 7) is 3.13. The van der Waals surface area contributed by atoms with Crippen LogP contribution >= 0.6 is 0 Å². The number of likely N-dealkylation sites (tertiary alicyclic amines) is 1. The fourth-order valence-electron chi connectivity index (χ4n) is 3.81. The lowest BCUT2D eigenvalue weighted by Crippen LogP contribution is -2.45. The van der Waals surface area contributed by atoms with E-state index in [-0.39, 0.29) is 18.4 Å². The van der Waals surface area contributed by atoms with Crippen LogP contribution in [0.2, 0.25) is 0 Å². The van der Waals surface area contributed by atoms with Crippen LogP contribution in [0.5, 0.6) is 0 Å². The van der Waals surface area contributed by atoms with E-state index in [9.17, 15) is 14.7 Å². The minimum Gasteiger partial charge on any atom is -0.481 e. The first kappa shape index (κ1) is 16.7. The molecule has 0 spiro atoms. The SMILES string of the molecule is Cc1nnc(-c2ccc(C(=O)N3C[C@H]4COCC[C@@]4(C(=O)O)C3)cc2)o1. The molecule has 2 atom stereocenters. The largest absolute Gasteiger partial charge is 0.481 e. The third-order valence-electron chi connectivity index (χ3n) is 5.32. The van der Waals surface area contributed by atoms with Gasteiger partial charge in [0.15, 0.2) is 0 Å². The minimum atomic E-state index is -0.894. The van der Waals surface area contributed by atoms with E-state index >= 15 is 0 Å². The number of ether oxygens (including phenoxy) is 1. The van der Waals surface area contributed by atoms with Crippen LogP contribution in [0.3, 0.4) is 0 Å². The summed E-state index contributed by atoms with van der Waals surface area (Å²) in [6.07, 6.45) is 0.437. The maximum Gasteiger partial charge on any atom is 0.311 e. The van der Waals surface area contributed by atoms with Gasteiger partial charge in [0.05, 0.1) is 12.0 Å². The molecule has 1 N–H and O–H groups in total. The second kappa shape index (κ2) is 6.21. The van der Waals surface area contributed by atoms with Gasteiger partial charge in [-0.25, -0.2) is 0 Å². The van der Waals surface area contributed by atoms with Gasteiger partial charge in [-0.15, -0.1) is 10.2 Å². The van der Waals surface area contributed by atoms with Crippen LogP contribution in [-0.4, -0.2) is 58.4 Å². The third kappa shape index (κ3) is 2.66. The molecule has 2 aliphatic rings. The summed E-state index contributed by atoms with van der Waals surface area (Å²) >= 11 is 0. The van der Waals surface area contributed by atoms with Crippen molar-refractivity contribution in [3.63, 3.8) is 0 Å². The summed E-state index contributed by atoms with van der Waals surface area (Å²) in [6, 6.07) is 6.89. The van der Waals surface area contributed by atoms with E-state index in [2.05, 4.69) is 10.2 Å². The topological polar surface area (TPSA) is 106 Å². The van der Waals surface area contributed by atoms with Crippen LogP contribution in [0, 0.1) is 18.3 Å². The lowest BCUT2D eigenvalue weighted by Gasteiger charge is -2.33. The predicted molar refractivity (Wildman–Crippen MR) is 89.4 cm³/mol. The van der Waals surface area contributed by atoms with Gasteiger partial charge in [-0.1, -0.05) is 0 Å². The first-order valence-electron chi connectivity index (χ1n) is 8.50. The fourth-order valence-corrected chi connectivity index (χ4v) is 3.81. The van der Waals surface area contributed by atoms with E-state index in [0.29, 0.717) is 43.5 Å². The molecule has 2 fully saturated rings. The zero-order valence-corrected chi connectivity index (χ0v) is 14.3. The number of aliphatic carboxylic acids is 1. The molecule has 2 saturated heterocycles. The van der Waals surface area contributed by atoms with Crippen LogP contribution in [0.4, 0.5) is 0 Å². The van der Waals surface area contributed by atoms with Crippen LogP contribution in [0.25, 0.3) is 11.5 Å². The van der Waals surface area contributed by atoms with Crippen molar-refractivity contribution in [2.75, 3.05) is 26.3 Å². The van der Waals surface area contributed by atoms with Crippen molar-refractivity contribution in [2.45, 2.75) is 13.3 Å². The van der Waals surface area contributed by atoms with Gasteiger partial charge in [-0.3, -0.25) is 9.59 Å². The lowest BCUT2D eigenvalue weighted by atomic mass is 9.74. The third-order valence-corrected chi connectivity index (χ3v) is 5.32. The van der Waals surface area contributed by atoms with E-state index in [0.717, 1.165) is 5.56 Å². The summed E-state index contributed by atoms with van der Waals surface area (Å²) in [5.74, 6) is -0.313. The highest BCUT2D eigenvalue weighted by Gasteiger charge is 2.54.